The number of anilines is 1. The third-order valence-electron chi connectivity index (χ3n) is 3.46. The number of hydrogen-bond donors (Lipinski definition) is 2. The molecule has 0 saturated carbocycles. The van der Waals surface area contributed by atoms with Gasteiger partial charge in [0.15, 0.2) is 0 Å². The van der Waals surface area contributed by atoms with Crippen LogP contribution in [0.1, 0.15) is 15.9 Å². The van der Waals surface area contributed by atoms with Crippen molar-refractivity contribution in [1.29, 1.82) is 0 Å². The fraction of sp³-hybridized carbons (Fsp3) is 0.0526. The van der Waals surface area contributed by atoms with Gasteiger partial charge in [0, 0.05) is 34.5 Å². The van der Waals surface area contributed by atoms with Crippen LogP contribution in [0.25, 0.3) is 0 Å². The van der Waals surface area contributed by atoms with Gasteiger partial charge < -0.3 is 15.8 Å². The zero-order valence-corrected chi connectivity index (χ0v) is 14.9. The fourth-order valence-corrected chi connectivity index (χ4v) is 2.46. The van der Waals surface area contributed by atoms with Crippen LogP contribution in [0, 0.1) is 0 Å². The topological polar surface area (TPSA) is 77.2 Å². The molecule has 25 heavy (non-hydrogen) atoms. The first-order valence-corrected chi connectivity index (χ1v) is 8.43. The van der Waals surface area contributed by atoms with Gasteiger partial charge in [-0.3, -0.25) is 4.79 Å². The van der Waals surface area contributed by atoms with E-state index >= 15 is 0 Å². The molecule has 1 aromatic heterocycles. The van der Waals surface area contributed by atoms with Gasteiger partial charge in [0.25, 0.3) is 5.91 Å². The largest absolute Gasteiger partial charge is 0.439 e. The van der Waals surface area contributed by atoms with E-state index in [1.54, 1.807) is 36.5 Å². The van der Waals surface area contributed by atoms with E-state index in [-0.39, 0.29) is 5.91 Å². The van der Waals surface area contributed by atoms with Crippen molar-refractivity contribution in [1.82, 2.24) is 4.98 Å². The number of nitrogens with zero attached hydrogens (tertiary/aromatic N) is 1. The van der Waals surface area contributed by atoms with Crippen molar-refractivity contribution in [2.24, 2.45) is 5.73 Å². The molecule has 3 aromatic rings. The summed E-state index contributed by atoms with van der Waals surface area (Å²) in [6.07, 6.45) is 1.64. The summed E-state index contributed by atoms with van der Waals surface area (Å²) >= 11 is 3.36. The van der Waals surface area contributed by atoms with E-state index in [1.807, 2.05) is 30.3 Å². The van der Waals surface area contributed by atoms with Crippen molar-refractivity contribution in [2.45, 2.75) is 6.54 Å². The van der Waals surface area contributed by atoms with Crippen LogP contribution in [-0.2, 0) is 6.54 Å². The molecule has 1 heterocycles. The fourth-order valence-electron chi connectivity index (χ4n) is 2.19. The molecular weight excluding hydrogens is 382 g/mol. The molecule has 5 nitrogen and oxygen atoms in total. The van der Waals surface area contributed by atoms with Crippen LogP contribution in [-0.4, -0.2) is 10.9 Å². The van der Waals surface area contributed by atoms with Crippen LogP contribution in [0.5, 0.6) is 11.6 Å². The Labute approximate surface area is 154 Å². The van der Waals surface area contributed by atoms with Crippen molar-refractivity contribution >= 4 is 27.5 Å². The summed E-state index contributed by atoms with van der Waals surface area (Å²) in [7, 11) is 0. The predicted octanol–water partition coefficient (Wildman–Crippen LogP) is 4.35. The highest BCUT2D eigenvalue weighted by atomic mass is 79.9. The number of nitrogens with one attached hydrogen (secondary N) is 1. The summed E-state index contributed by atoms with van der Waals surface area (Å²) < 4.78 is 6.68. The SMILES string of the molecule is NCc1ccnc(Oc2cccc(C(=O)Nc3ccc(Br)cc3)c2)c1. The van der Waals surface area contributed by atoms with Crippen molar-refractivity contribution < 1.29 is 9.53 Å². The minimum Gasteiger partial charge on any atom is -0.439 e. The third kappa shape index (κ3) is 4.65. The highest BCUT2D eigenvalue weighted by Crippen LogP contribution is 2.22. The van der Waals surface area contributed by atoms with Crippen LogP contribution in [0.4, 0.5) is 5.69 Å². The van der Waals surface area contributed by atoms with E-state index in [0.717, 1.165) is 15.7 Å². The second kappa shape index (κ2) is 7.92. The lowest BCUT2D eigenvalue weighted by Crippen LogP contribution is -2.11. The van der Waals surface area contributed by atoms with Crippen molar-refractivity contribution in [3.8, 4) is 11.6 Å². The Morgan fingerprint density at radius 1 is 1.12 bits per heavy atom. The van der Waals surface area contributed by atoms with E-state index in [0.29, 0.717) is 23.7 Å². The van der Waals surface area contributed by atoms with Gasteiger partial charge in [-0.2, -0.15) is 0 Å². The quantitative estimate of drug-likeness (QED) is 0.670. The molecule has 0 aliphatic heterocycles. The summed E-state index contributed by atoms with van der Waals surface area (Å²) in [6.45, 7) is 0.411. The third-order valence-corrected chi connectivity index (χ3v) is 3.98. The van der Waals surface area contributed by atoms with Gasteiger partial charge in [-0.25, -0.2) is 4.98 Å². The molecule has 0 saturated heterocycles. The number of aromatic nitrogens is 1. The molecule has 3 N–H and O–H groups in total. The van der Waals surface area contributed by atoms with Gasteiger partial charge in [0.1, 0.15) is 5.75 Å². The van der Waals surface area contributed by atoms with E-state index in [2.05, 4.69) is 26.2 Å². The molecule has 0 aliphatic rings. The molecule has 6 heteroatoms. The van der Waals surface area contributed by atoms with Gasteiger partial charge in [0.2, 0.25) is 5.88 Å². The Hall–Kier alpha value is -2.70. The first-order chi connectivity index (χ1) is 12.1. The lowest BCUT2D eigenvalue weighted by atomic mass is 10.2. The van der Waals surface area contributed by atoms with Crippen LogP contribution in [0.3, 0.4) is 0 Å². The predicted molar refractivity (Wildman–Crippen MR) is 101 cm³/mol. The number of rotatable bonds is 5. The molecule has 3 rings (SSSR count). The van der Waals surface area contributed by atoms with Gasteiger partial charge in [-0.15, -0.1) is 0 Å². The van der Waals surface area contributed by atoms with E-state index in [9.17, 15) is 4.79 Å². The van der Waals surface area contributed by atoms with Crippen LogP contribution in [0.2, 0.25) is 0 Å². The Morgan fingerprint density at radius 3 is 2.68 bits per heavy atom. The molecule has 1 amide bonds. The zero-order valence-electron chi connectivity index (χ0n) is 13.3. The number of hydrogen-bond acceptors (Lipinski definition) is 4. The molecule has 0 bridgehead atoms. The van der Waals surface area contributed by atoms with Crippen molar-refractivity contribution in [3.05, 3.63) is 82.5 Å². The number of halogens is 1. The number of nitrogens with two attached hydrogens (primary N) is 1. The van der Waals surface area contributed by atoms with Crippen LogP contribution >= 0.6 is 15.9 Å². The highest BCUT2D eigenvalue weighted by Gasteiger charge is 2.08. The average Bonchev–Trinajstić information content (AvgIpc) is 2.64. The summed E-state index contributed by atoms with van der Waals surface area (Å²) in [5.74, 6) is 0.759. The number of pyridine rings is 1. The molecule has 0 unspecified atom stereocenters. The number of benzene rings is 2. The summed E-state index contributed by atoms with van der Waals surface area (Å²) in [6, 6.07) is 17.9. The molecule has 126 valence electrons. The summed E-state index contributed by atoms with van der Waals surface area (Å²) in [5, 5.41) is 2.85. The van der Waals surface area contributed by atoms with Crippen LogP contribution < -0.4 is 15.8 Å². The lowest BCUT2D eigenvalue weighted by molar-refractivity contribution is 0.102. The maximum Gasteiger partial charge on any atom is 0.255 e. The molecule has 0 spiro atoms. The lowest BCUT2D eigenvalue weighted by Gasteiger charge is -2.09. The Morgan fingerprint density at radius 2 is 1.92 bits per heavy atom. The average molecular weight is 398 g/mol. The Bertz CT molecular complexity index is 882. The molecule has 0 aliphatic carbocycles. The van der Waals surface area contributed by atoms with Crippen molar-refractivity contribution in [2.75, 3.05) is 5.32 Å². The number of ether oxygens (including phenoxy) is 1. The molecular formula is C19H16BrN3O2. The standard InChI is InChI=1S/C19H16BrN3O2/c20-15-4-6-16(7-5-15)23-19(24)14-2-1-3-17(11-14)25-18-10-13(12-21)8-9-22-18/h1-11H,12,21H2,(H,23,24). The first kappa shape index (κ1) is 17.1. The maximum absolute atomic E-state index is 12.4. The second-order valence-corrected chi connectivity index (χ2v) is 6.21. The Kier molecular flexibility index (Phi) is 5.42. The van der Waals surface area contributed by atoms with E-state index < -0.39 is 0 Å². The minimum atomic E-state index is -0.212. The van der Waals surface area contributed by atoms with Gasteiger partial charge in [0.05, 0.1) is 0 Å². The van der Waals surface area contributed by atoms with E-state index in [4.69, 9.17) is 10.5 Å². The van der Waals surface area contributed by atoms with Gasteiger partial charge in [-0.1, -0.05) is 22.0 Å². The molecule has 0 radical (unpaired) electrons. The summed E-state index contributed by atoms with van der Waals surface area (Å²) in [4.78, 5) is 16.5. The van der Waals surface area contributed by atoms with Crippen molar-refractivity contribution in [3.63, 3.8) is 0 Å². The highest BCUT2D eigenvalue weighted by molar-refractivity contribution is 9.10. The number of carbonyl (C=O) groups is 1. The first-order valence-electron chi connectivity index (χ1n) is 7.64. The normalized spacial score (nSPS) is 10.3. The molecule has 2 aromatic carbocycles. The summed E-state index contributed by atoms with van der Waals surface area (Å²) in [5.41, 5.74) is 7.76. The molecule has 0 atom stereocenters. The maximum atomic E-state index is 12.4. The number of amides is 1. The van der Waals surface area contributed by atoms with E-state index in [1.165, 1.54) is 0 Å². The second-order valence-electron chi connectivity index (χ2n) is 5.30. The van der Waals surface area contributed by atoms with Crippen LogP contribution in [0.15, 0.2) is 71.3 Å². The number of carbonyl (C=O) groups excluding carboxylic acids is 1. The smallest absolute Gasteiger partial charge is 0.255 e. The minimum absolute atomic E-state index is 0.212. The van der Waals surface area contributed by atoms with Gasteiger partial charge >= 0.3 is 0 Å². The molecule has 0 fully saturated rings. The zero-order chi connectivity index (χ0) is 17.6. The Balaban J connectivity index is 1.74. The van der Waals surface area contributed by atoms with Gasteiger partial charge in [-0.05, 0) is 54.1 Å². The monoisotopic (exact) mass is 397 g/mol.